The van der Waals surface area contributed by atoms with E-state index in [1.807, 2.05) is 37.1 Å². The van der Waals surface area contributed by atoms with Gasteiger partial charge in [0.1, 0.15) is 12.1 Å². The summed E-state index contributed by atoms with van der Waals surface area (Å²) >= 11 is 0. The standard InChI is InChI=1S/C21H30N6O2.HI/c1-4-22-20(24-15-21(2,29)17-12-25-26(3)14-17)23-13-19(28)27-11-7-9-16-8-5-6-10-18(16)27;/h5-6,8,10,12,14,29H,4,7,9,11,13,15H2,1-3H3,(H2,22,23,24);1H. The Morgan fingerprint density at radius 3 is 2.80 bits per heavy atom. The van der Waals surface area contributed by atoms with Crippen LogP contribution >= 0.6 is 24.0 Å². The number of carbonyl (C=O) groups is 1. The van der Waals surface area contributed by atoms with Gasteiger partial charge in [-0.3, -0.25) is 9.48 Å². The number of benzene rings is 1. The first-order valence-electron chi connectivity index (χ1n) is 10.0. The molecule has 1 aliphatic heterocycles. The SMILES string of the molecule is CCNC(=NCC(=O)N1CCCc2ccccc21)NCC(C)(O)c1cnn(C)c1.I. The minimum atomic E-state index is -1.11. The fraction of sp³-hybridized carbons (Fsp3) is 0.476. The van der Waals surface area contributed by atoms with Gasteiger partial charge < -0.3 is 20.6 Å². The smallest absolute Gasteiger partial charge is 0.248 e. The van der Waals surface area contributed by atoms with Crippen LogP contribution in [0.4, 0.5) is 5.69 Å². The van der Waals surface area contributed by atoms with Gasteiger partial charge in [0, 0.05) is 37.6 Å². The maximum Gasteiger partial charge on any atom is 0.248 e. The van der Waals surface area contributed by atoms with Crippen LogP contribution in [0.2, 0.25) is 0 Å². The molecule has 2 heterocycles. The Morgan fingerprint density at radius 2 is 2.10 bits per heavy atom. The fourth-order valence-electron chi connectivity index (χ4n) is 3.42. The molecule has 1 atom stereocenters. The van der Waals surface area contributed by atoms with E-state index >= 15 is 0 Å². The Hall–Kier alpha value is -2.14. The Kier molecular flexibility index (Phi) is 8.65. The molecule has 2 aromatic rings. The van der Waals surface area contributed by atoms with Crippen molar-refractivity contribution in [1.29, 1.82) is 0 Å². The molecule has 1 aromatic heterocycles. The minimum absolute atomic E-state index is 0. The molecule has 30 heavy (non-hydrogen) atoms. The first-order valence-corrected chi connectivity index (χ1v) is 10.0. The number of para-hydroxylation sites is 1. The zero-order valence-corrected chi connectivity index (χ0v) is 20.1. The first kappa shape index (κ1) is 24.1. The van der Waals surface area contributed by atoms with Crippen LogP contribution in [0.15, 0.2) is 41.7 Å². The molecule has 0 fully saturated rings. The predicted octanol–water partition coefficient (Wildman–Crippen LogP) is 1.78. The van der Waals surface area contributed by atoms with Gasteiger partial charge in [-0.1, -0.05) is 18.2 Å². The number of rotatable bonds is 6. The number of aryl methyl sites for hydroxylation is 2. The summed E-state index contributed by atoms with van der Waals surface area (Å²) in [5, 5.41) is 21.1. The molecule has 0 bridgehead atoms. The van der Waals surface area contributed by atoms with Crippen molar-refractivity contribution >= 4 is 41.5 Å². The van der Waals surface area contributed by atoms with Gasteiger partial charge in [0.2, 0.25) is 5.91 Å². The maximum absolute atomic E-state index is 12.8. The molecule has 1 unspecified atom stereocenters. The van der Waals surface area contributed by atoms with Gasteiger partial charge in [-0.2, -0.15) is 5.10 Å². The first-order chi connectivity index (χ1) is 13.9. The van der Waals surface area contributed by atoms with E-state index in [0.29, 0.717) is 24.6 Å². The summed E-state index contributed by atoms with van der Waals surface area (Å²) in [6.45, 7) is 5.33. The summed E-state index contributed by atoms with van der Waals surface area (Å²) in [6, 6.07) is 8.03. The summed E-state index contributed by atoms with van der Waals surface area (Å²) in [7, 11) is 1.81. The molecule has 0 aliphatic carbocycles. The van der Waals surface area contributed by atoms with E-state index in [1.54, 1.807) is 24.0 Å². The topological polar surface area (TPSA) is 94.8 Å². The molecule has 3 N–H and O–H groups in total. The van der Waals surface area contributed by atoms with Crippen molar-refractivity contribution in [3.05, 3.63) is 47.8 Å². The monoisotopic (exact) mass is 526 g/mol. The van der Waals surface area contributed by atoms with Crippen molar-refractivity contribution in [2.45, 2.75) is 32.3 Å². The average Bonchev–Trinajstić information content (AvgIpc) is 3.17. The van der Waals surface area contributed by atoms with Crippen molar-refractivity contribution in [2.75, 3.05) is 31.1 Å². The lowest BCUT2D eigenvalue weighted by Crippen LogP contribution is -2.45. The number of amides is 1. The third-order valence-corrected chi connectivity index (χ3v) is 5.05. The number of aliphatic hydroxyl groups is 1. The summed E-state index contributed by atoms with van der Waals surface area (Å²) in [4.78, 5) is 19.0. The zero-order valence-electron chi connectivity index (χ0n) is 17.8. The number of guanidine groups is 1. The normalized spacial score (nSPS) is 15.6. The number of anilines is 1. The van der Waals surface area contributed by atoms with Crippen LogP contribution in [0.5, 0.6) is 0 Å². The molecule has 1 aromatic carbocycles. The summed E-state index contributed by atoms with van der Waals surface area (Å²) < 4.78 is 1.65. The van der Waals surface area contributed by atoms with Crippen molar-refractivity contribution < 1.29 is 9.90 Å². The number of nitrogens with one attached hydrogen (secondary N) is 2. The van der Waals surface area contributed by atoms with Crippen molar-refractivity contribution in [2.24, 2.45) is 12.0 Å². The molecular formula is C21H31IN6O2. The van der Waals surface area contributed by atoms with E-state index in [-0.39, 0.29) is 43.0 Å². The van der Waals surface area contributed by atoms with E-state index < -0.39 is 5.60 Å². The Morgan fingerprint density at radius 1 is 1.33 bits per heavy atom. The molecule has 0 saturated heterocycles. The van der Waals surface area contributed by atoms with Crippen LogP contribution in [0.1, 0.15) is 31.4 Å². The van der Waals surface area contributed by atoms with Gasteiger partial charge in [-0.25, -0.2) is 4.99 Å². The number of nitrogens with zero attached hydrogens (tertiary/aromatic N) is 4. The van der Waals surface area contributed by atoms with Crippen molar-refractivity contribution in [3.8, 4) is 0 Å². The molecule has 0 radical (unpaired) electrons. The van der Waals surface area contributed by atoms with Gasteiger partial charge in [0.25, 0.3) is 0 Å². The van der Waals surface area contributed by atoms with Gasteiger partial charge >= 0.3 is 0 Å². The third-order valence-electron chi connectivity index (χ3n) is 5.05. The second kappa shape index (κ2) is 10.8. The predicted molar refractivity (Wildman–Crippen MR) is 129 cm³/mol. The number of halogens is 1. The second-order valence-corrected chi connectivity index (χ2v) is 7.50. The van der Waals surface area contributed by atoms with E-state index in [1.165, 1.54) is 5.56 Å². The second-order valence-electron chi connectivity index (χ2n) is 7.50. The summed E-state index contributed by atoms with van der Waals surface area (Å²) in [6.07, 6.45) is 5.38. The highest BCUT2D eigenvalue weighted by atomic mass is 127. The molecular weight excluding hydrogens is 495 g/mol. The largest absolute Gasteiger partial charge is 0.383 e. The number of aliphatic imine (C=N–C) groups is 1. The fourth-order valence-corrected chi connectivity index (χ4v) is 3.42. The number of carbonyl (C=O) groups excluding carboxylic acids is 1. The summed E-state index contributed by atoms with van der Waals surface area (Å²) in [5.74, 6) is 0.462. The average molecular weight is 526 g/mol. The van der Waals surface area contributed by atoms with Crippen LogP contribution < -0.4 is 15.5 Å². The quantitative estimate of drug-likeness (QED) is 0.303. The highest BCUT2D eigenvalue weighted by Crippen LogP contribution is 2.26. The Balaban J connectivity index is 0.00000320. The lowest BCUT2D eigenvalue weighted by Gasteiger charge is -2.29. The molecule has 0 saturated carbocycles. The van der Waals surface area contributed by atoms with Gasteiger partial charge in [0.05, 0.1) is 12.7 Å². The van der Waals surface area contributed by atoms with Crippen LogP contribution in [-0.4, -0.2) is 52.9 Å². The molecule has 0 spiro atoms. The van der Waals surface area contributed by atoms with Gasteiger partial charge in [-0.05, 0) is 38.3 Å². The lowest BCUT2D eigenvalue weighted by molar-refractivity contribution is -0.117. The molecule has 1 amide bonds. The minimum Gasteiger partial charge on any atom is -0.383 e. The van der Waals surface area contributed by atoms with E-state index in [0.717, 1.165) is 18.5 Å². The van der Waals surface area contributed by atoms with Crippen LogP contribution in [0.25, 0.3) is 0 Å². The lowest BCUT2D eigenvalue weighted by atomic mass is 10.00. The molecule has 3 rings (SSSR count). The number of hydrogen-bond acceptors (Lipinski definition) is 4. The Labute approximate surface area is 194 Å². The number of fused-ring (bicyclic) bond motifs is 1. The van der Waals surface area contributed by atoms with Crippen LogP contribution in [0.3, 0.4) is 0 Å². The third kappa shape index (κ3) is 5.94. The van der Waals surface area contributed by atoms with Crippen LogP contribution in [-0.2, 0) is 23.9 Å². The van der Waals surface area contributed by atoms with Crippen LogP contribution in [0, 0.1) is 0 Å². The maximum atomic E-state index is 12.8. The highest BCUT2D eigenvalue weighted by molar-refractivity contribution is 14.0. The van der Waals surface area contributed by atoms with E-state index in [9.17, 15) is 9.90 Å². The molecule has 1 aliphatic rings. The Bertz CT molecular complexity index is 880. The van der Waals surface area contributed by atoms with Gasteiger partial charge in [-0.15, -0.1) is 24.0 Å². The van der Waals surface area contributed by atoms with Crippen molar-refractivity contribution in [3.63, 3.8) is 0 Å². The number of hydrogen-bond donors (Lipinski definition) is 3. The van der Waals surface area contributed by atoms with Crippen molar-refractivity contribution in [1.82, 2.24) is 20.4 Å². The molecule has 8 nitrogen and oxygen atoms in total. The number of aromatic nitrogens is 2. The van der Waals surface area contributed by atoms with Gasteiger partial charge in [0.15, 0.2) is 5.96 Å². The molecule has 164 valence electrons. The summed E-state index contributed by atoms with van der Waals surface area (Å²) in [5.41, 5.74) is 1.79. The van der Waals surface area contributed by atoms with E-state index in [2.05, 4.69) is 26.8 Å². The highest BCUT2D eigenvalue weighted by Gasteiger charge is 2.25. The zero-order chi connectivity index (χ0) is 20.9. The van der Waals surface area contributed by atoms with E-state index in [4.69, 9.17) is 0 Å². The molecule has 9 heteroatoms.